The van der Waals surface area contributed by atoms with Gasteiger partial charge in [-0.25, -0.2) is 19.6 Å². The summed E-state index contributed by atoms with van der Waals surface area (Å²) in [5.41, 5.74) is 9.98. The van der Waals surface area contributed by atoms with Crippen molar-refractivity contribution in [3.05, 3.63) is 11.6 Å². The van der Waals surface area contributed by atoms with Crippen LogP contribution in [0.3, 0.4) is 0 Å². The number of carbonyl (C=O) groups excluding carboxylic acids is 3. The molecule has 0 saturated carbocycles. The Labute approximate surface area is 140 Å². The number of rotatable bonds is 3. The molecule has 0 atom stereocenters. The van der Waals surface area contributed by atoms with Gasteiger partial charge in [-0.05, 0) is 13.8 Å². The fourth-order valence-corrected chi connectivity index (χ4v) is 1.37. The van der Waals surface area contributed by atoms with Crippen LogP contribution < -0.4 is 22.1 Å². The van der Waals surface area contributed by atoms with E-state index in [1.54, 1.807) is 0 Å². The van der Waals surface area contributed by atoms with Crippen LogP contribution in [0.15, 0.2) is 4.99 Å². The highest BCUT2D eigenvalue weighted by molar-refractivity contribution is 6.11. The molecule has 0 unspecified atom stereocenters. The number of nitrogens with zero attached hydrogens (tertiary/aromatic N) is 3. The summed E-state index contributed by atoms with van der Waals surface area (Å²) in [5.74, 6) is -4.03. The zero-order valence-electron chi connectivity index (χ0n) is 13.3. The molecule has 0 aromatic carbocycles. The normalized spacial score (nSPS) is 10.8. The Morgan fingerprint density at radius 3 is 2.32 bits per heavy atom. The Hall–Kier alpha value is -3.51. The van der Waals surface area contributed by atoms with Crippen LogP contribution in [0.25, 0.3) is 0 Å². The quantitative estimate of drug-likeness (QED) is 0.419. The maximum Gasteiger partial charge on any atom is 0.436 e. The number of carbonyl (C=O) groups is 3. The Balaban J connectivity index is 3.03. The number of anilines is 2. The summed E-state index contributed by atoms with van der Waals surface area (Å²) in [6.07, 6.45) is -2.11. The Morgan fingerprint density at radius 2 is 1.72 bits per heavy atom. The van der Waals surface area contributed by atoms with Crippen molar-refractivity contribution in [1.29, 1.82) is 0 Å². The van der Waals surface area contributed by atoms with Gasteiger partial charge >= 0.3 is 12.2 Å². The topological polar surface area (TPSA) is 184 Å². The van der Waals surface area contributed by atoms with Crippen LogP contribution in [0.2, 0.25) is 0 Å². The van der Waals surface area contributed by atoms with E-state index in [-0.39, 0.29) is 13.2 Å². The molecule has 12 nitrogen and oxygen atoms in total. The van der Waals surface area contributed by atoms with Gasteiger partial charge in [0.25, 0.3) is 11.9 Å². The molecule has 13 heteroatoms. The molecule has 25 heavy (non-hydrogen) atoms. The lowest BCUT2D eigenvalue weighted by Crippen LogP contribution is -2.45. The minimum Gasteiger partial charge on any atom is -0.450 e. The average molecular weight is 357 g/mol. The molecule has 3 amide bonds. The highest BCUT2D eigenvalue weighted by Crippen LogP contribution is 2.11. The van der Waals surface area contributed by atoms with Crippen molar-refractivity contribution in [3.8, 4) is 0 Å². The molecular weight excluding hydrogens is 341 g/mol. The highest BCUT2D eigenvalue weighted by atomic mass is 19.1. The van der Waals surface area contributed by atoms with E-state index in [0.29, 0.717) is 0 Å². The third-order valence-corrected chi connectivity index (χ3v) is 2.32. The molecule has 1 aromatic rings. The smallest absolute Gasteiger partial charge is 0.436 e. The number of alkyl carbamates (subject to hydrolysis) is 1. The van der Waals surface area contributed by atoms with Gasteiger partial charge in [0, 0.05) is 0 Å². The zero-order chi connectivity index (χ0) is 19.0. The summed E-state index contributed by atoms with van der Waals surface area (Å²) < 4.78 is 22.5. The third-order valence-electron chi connectivity index (χ3n) is 2.32. The van der Waals surface area contributed by atoms with Crippen molar-refractivity contribution < 1.29 is 28.2 Å². The van der Waals surface area contributed by atoms with Gasteiger partial charge < -0.3 is 20.9 Å². The fourth-order valence-electron chi connectivity index (χ4n) is 1.37. The van der Waals surface area contributed by atoms with Gasteiger partial charge in [-0.15, -0.1) is 4.99 Å². The van der Waals surface area contributed by atoms with E-state index in [2.05, 4.69) is 24.4 Å². The van der Waals surface area contributed by atoms with E-state index >= 15 is 0 Å². The number of aromatic nitrogens is 2. The van der Waals surface area contributed by atoms with Gasteiger partial charge in [-0.2, -0.15) is 4.39 Å². The van der Waals surface area contributed by atoms with Gasteiger partial charge in [0.05, 0.1) is 13.2 Å². The standard InChI is InChI=1S/C12H16FN7O5/c1-3-24-11(22)19-10(20-12(23)25-4-2)18-9(21)5-7(14)17-8(15)6(13)16-5/h3-4H2,1-2H3,(H4,14,15,17)(H2,18,19,20,21,22,23). The summed E-state index contributed by atoms with van der Waals surface area (Å²) in [5, 5.41) is 4.01. The first-order chi connectivity index (χ1) is 11.8. The van der Waals surface area contributed by atoms with Crippen LogP contribution in [0.1, 0.15) is 24.3 Å². The van der Waals surface area contributed by atoms with Crippen LogP contribution >= 0.6 is 0 Å². The molecule has 0 saturated heterocycles. The number of hydrogen-bond donors (Lipinski definition) is 4. The van der Waals surface area contributed by atoms with Gasteiger partial charge in [-0.1, -0.05) is 0 Å². The molecule has 0 radical (unpaired) electrons. The maximum atomic E-state index is 13.3. The number of amides is 3. The zero-order valence-corrected chi connectivity index (χ0v) is 13.3. The molecule has 0 bridgehead atoms. The number of hydrogen-bond acceptors (Lipinski definition) is 9. The van der Waals surface area contributed by atoms with Crippen molar-refractivity contribution >= 4 is 35.7 Å². The van der Waals surface area contributed by atoms with E-state index in [1.807, 2.05) is 10.6 Å². The number of nitrogens with two attached hydrogens (primary N) is 2. The second-order valence-electron chi connectivity index (χ2n) is 4.09. The fraction of sp³-hybridized carbons (Fsp3) is 0.333. The van der Waals surface area contributed by atoms with Crippen LogP contribution in [-0.4, -0.2) is 47.2 Å². The van der Waals surface area contributed by atoms with Gasteiger partial charge in [-0.3, -0.25) is 15.4 Å². The molecule has 6 N–H and O–H groups in total. The highest BCUT2D eigenvalue weighted by Gasteiger charge is 2.20. The van der Waals surface area contributed by atoms with E-state index in [1.165, 1.54) is 13.8 Å². The first kappa shape index (κ1) is 19.5. The molecule has 0 aliphatic heterocycles. The molecule has 136 valence electrons. The minimum absolute atomic E-state index is 0.00453. The predicted molar refractivity (Wildman–Crippen MR) is 82.9 cm³/mol. The Kier molecular flexibility index (Phi) is 6.99. The Bertz CT molecular complexity index is 709. The van der Waals surface area contributed by atoms with Crippen molar-refractivity contribution in [1.82, 2.24) is 20.6 Å². The molecule has 1 aromatic heterocycles. The number of nitrogen functional groups attached to an aromatic ring is 2. The average Bonchev–Trinajstić information content (AvgIpc) is 2.51. The summed E-state index contributed by atoms with van der Waals surface area (Å²) >= 11 is 0. The van der Waals surface area contributed by atoms with E-state index in [9.17, 15) is 18.8 Å². The Morgan fingerprint density at radius 1 is 1.08 bits per heavy atom. The minimum atomic E-state index is -1.22. The third kappa shape index (κ3) is 5.89. The molecule has 0 fully saturated rings. The van der Waals surface area contributed by atoms with Gasteiger partial charge in [0.2, 0.25) is 5.96 Å². The lowest BCUT2D eigenvalue weighted by Gasteiger charge is -2.10. The molecule has 0 aliphatic carbocycles. The van der Waals surface area contributed by atoms with Crippen molar-refractivity contribution in [2.45, 2.75) is 13.8 Å². The van der Waals surface area contributed by atoms with Crippen molar-refractivity contribution in [3.63, 3.8) is 0 Å². The van der Waals surface area contributed by atoms with Crippen molar-refractivity contribution in [2.24, 2.45) is 4.99 Å². The second kappa shape index (κ2) is 8.95. The lowest BCUT2D eigenvalue weighted by molar-refractivity contribution is 0.0970. The van der Waals surface area contributed by atoms with Crippen LogP contribution in [0.5, 0.6) is 0 Å². The van der Waals surface area contributed by atoms with E-state index < -0.39 is 47.3 Å². The van der Waals surface area contributed by atoms with Crippen LogP contribution in [-0.2, 0) is 9.47 Å². The van der Waals surface area contributed by atoms with Crippen molar-refractivity contribution in [2.75, 3.05) is 24.7 Å². The molecular formula is C12H16FN7O5. The number of halogens is 1. The SMILES string of the molecule is CCOC(=O)/N=C(\NC(=O)OCC)NC(=O)c1nc(F)c(N)nc1N. The summed E-state index contributed by atoms with van der Waals surface area (Å²) in [4.78, 5) is 44.9. The van der Waals surface area contributed by atoms with E-state index in [0.717, 1.165) is 0 Å². The number of ether oxygens (including phenoxy) is 2. The predicted octanol–water partition coefficient (Wildman–Crippen LogP) is -0.231. The van der Waals surface area contributed by atoms with Gasteiger partial charge in [0.1, 0.15) is 0 Å². The summed E-state index contributed by atoms with van der Waals surface area (Å²) in [6, 6.07) is 0. The monoisotopic (exact) mass is 357 g/mol. The number of guanidine groups is 1. The summed E-state index contributed by atoms with van der Waals surface area (Å²) in [6.45, 7) is 3.09. The molecule has 0 aliphatic rings. The van der Waals surface area contributed by atoms with Crippen LogP contribution in [0, 0.1) is 5.95 Å². The van der Waals surface area contributed by atoms with E-state index in [4.69, 9.17) is 11.5 Å². The number of nitrogens with one attached hydrogen (secondary N) is 2. The maximum absolute atomic E-state index is 13.3. The van der Waals surface area contributed by atoms with Gasteiger partial charge in [0.15, 0.2) is 17.3 Å². The second-order valence-corrected chi connectivity index (χ2v) is 4.09. The first-order valence-corrected chi connectivity index (χ1v) is 6.87. The molecule has 1 rings (SSSR count). The largest absolute Gasteiger partial charge is 0.450 e. The molecule has 1 heterocycles. The summed E-state index contributed by atoms with van der Waals surface area (Å²) in [7, 11) is 0. The first-order valence-electron chi connectivity index (χ1n) is 6.87. The number of aliphatic imine (C=N–C) groups is 1. The lowest BCUT2D eigenvalue weighted by atomic mass is 10.4. The molecule has 0 spiro atoms. The van der Waals surface area contributed by atoms with Crippen LogP contribution in [0.4, 0.5) is 25.6 Å².